The van der Waals surface area contributed by atoms with Crippen molar-refractivity contribution in [1.82, 2.24) is 9.78 Å². The van der Waals surface area contributed by atoms with Crippen LogP contribution in [0.3, 0.4) is 0 Å². The number of hydrogen-bond acceptors (Lipinski definition) is 3. The van der Waals surface area contributed by atoms with Crippen LogP contribution in [0.15, 0.2) is 70.7 Å². The van der Waals surface area contributed by atoms with Crippen LogP contribution in [-0.2, 0) is 4.79 Å². The zero-order valence-corrected chi connectivity index (χ0v) is 17.2. The molecule has 152 valence electrons. The molecule has 1 aliphatic heterocycles. The van der Waals surface area contributed by atoms with Crippen molar-refractivity contribution < 1.29 is 4.79 Å². The Balaban J connectivity index is 1.71. The average Bonchev–Trinajstić information content (AvgIpc) is 3.09. The third-order valence-electron chi connectivity index (χ3n) is 6.19. The molecule has 1 unspecified atom stereocenters. The highest BCUT2D eigenvalue weighted by atomic mass is 16.1. The maximum Gasteiger partial charge on any atom is 0.277 e. The first-order chi connectivity index (χ1) is 14.5. The fraction of sp³-hybridized carbons (Fsp3) is 0.280. The standard InChI is InChI=1S/C25H25N3O2/c1-15(2)16-11-13-17(14-12-16)21-22-19(9-6-10-20(22)29)26-24-23(21)25(30)28(27-24)18-7-4-3-5-8-18/h3-5,7-8,11-15,21,26-27H,6,9-10H2,1-2H3. The molecule has 0 saturated heterocycles. The maximum absolute atomic E-state index is 13.5. The SMILES string of the molecule is CC(C)c1ccc(C2C3=C(CCCC3=O)Nc3[nH]n(-c4ccccc4)c(=O)c32)cc1. The Labute approximate surface area is 175 Å². The fourth-order valence-corrected chi connectivity index (χ4v) is 4.60. The van der Waals surface area contributed by atoms with Crippen LogP contribution in [0.5, 0.6) is 0 Å². The second-order valence-corrected chi connectivity index (χ2v) is 8.42. The quantitative estimate of drug-likeness (QED) is 0.661. The van der Waals surface area contributed by atoms with Crippen LogP contribution >= 0.6 is 0 Å². The van der Waals surface area contributed by atoms with Gasteiger partial charge in [0.15, 0.2) is 5.78 Å². The van der Waals surface area contributed by atoms with E-state index in [9.17, 15) is 9.59 Å². The highest BCUT2D eigenvalue weighted by molar-refractivity contribution is 6.00. The molecule has 5 rings (SSSR count). The Morgan fingerprint density at radius 2 is 1.70 bits per heavy atom. The molecule has 1 aliphatic carbocycles. The molecule has 0 saturated carbocycles. The predicted octanol–water partition coefficient (Wildman–Crippen LogP) is 4.85. The van der Waals surface area contributed by atoms with E-state index >= 15 is 0 Å². The molecule has 1 atom stereocenters. The first kappa shape index (κ1) is 18.7. The number of aromatic nitrogens is 2. The van der Waals surface area contributed by atoms with Gasteiger partial charge in [-0.25, -0.2) is 4.68 Å². The third-order valence-corrected chi connectivity index (χ3v) is 6.19. The zero-order chi connectivity index (χ0) is 20.8. The van der Waals surface area contributed by atoms with Crippen LogP contribution in [-0.4, -0.2) is 15.6 Å². The molecule has 2 N–H and O–H groups in total. The molecule has 0 fully saturated rings. The van der Waals surface area contributed by atoms with E-state index in [0.29, 0.717) is 23.7 Å². The Bertz CT molecular complexity index is 1200. The van der Waals surface area contributed by atoms with E-state index in [-0.39, 0.29) is 17.3 Å². The van der Waals surface area contributed by atoms with E-state index in [1.54, 1.807) is 4.68 Å². The Kier molecular flexibility index (Phi) is 4.46. The number of benzene rings is 2. The number of aromatic amines is 1. The van der Waals surface area contributed by atoms with E-state index in [1.807, 2.05) is 30.3 Å². The number of Topliss-reactive ketones (excluding diaryl/α,β-unsaturated/α-hetero) is 1. The van der Waals surface area contributed by atoms with Crippen LogP contribution in [0.1, 0.15) is 61.6 Å². The van der Waals surface area contributed by atoms with Crippen molar-refractivity contribution in [3.63, 3.8) is 0 Å². The summed E-state index contributed by atoms with van der Waals surface area (Å²) in [5.74, 6) is 0.907. The summed E-state index contributed by atoms with van der Waals surface area (Å²) in [6, 6.07) is 17.9. The van der Waals surface area contributed by atoms with Gasteiger partial charge in [-0.3, -0.25) is 14.7 Å². The number of ketones is 1. The van der Waals surface area contributed by atoms with E-state index in [4.69, 9.17) is 0 Å². The number of nitrogens with zero attached hydrogens (tertiary/aromatic N) is 1. The van der Waals surface area contributed by atoms with Gasteiger partial charge in [-0.1, -0.05) is 56.3 Å². The summed E-state index contributed by atoms with van der Waals surface area (Å²) in [5.41, 5.74) is 5.20. The average molecular weight is 399 g/mol. The largest absolute Gasteiger partial charge is 0.343 e. The fourth-order valence-electron chi connectivity index (χ4n) is 4.60. The lowest BCUT2D eigenvalue weighted by Gasteiger charge is -2.31. The van der Waals surface area contributed by atoms with E-state index in [0.717, 1.165) is 35.4 Å². The molecule has 0 radical (unpaired) electrons. The number of rotatable bonds is 3. The number of anilines is 1. The van der Waals surface area contributed by atoms with Crippen LogP contribution in [0.4, 0.5) is 5.82 Å². The molecule has 5 nitrogen and oxygen atoms in total. The van der Waals surface area contributed by atoms with E-state index in [2.05, 4.69) is 48.5 Å². The van der Waals surface area contributed by atoms with Crippen molar-refractivity contribution in [2.75, 3.05) is 5.32 Å². The minimum Gasteiger partial charge on any atom is -0.343 e. The zero-order valence-electron chi connectivity index (χ0n) is 17.2. The van der Waals surface area contributed by atoms with E-state index < -0.39 is 0 Å². The summed E-state index contributed by atoms with van der Waals surface area (Å²) in [7, 11) is 0. The summed E-state index contributed by atoms with van der Waals surface area (Å²) in [6.07, 6.45) is 2.19. The van der Waals surface area contributed by atoms with Crippen molar-refractivity contribution in [1.29, 1.82) is 0 Å². The molecule has 0 bridgehead atoms. The van der Waals surface area contributed by atoms with Gasteiger partial charge in [-0.2, -0.15) is 0 Å². The van der Waals surface area contributed by atoms with Gasteiger partial charge >= 0.3 is 0 Å². The van der Waals surface area contributed by atoms with E-state index in [1.165, 1.54) is 5.56 Å². The Morgan fingerprint density at radius 3 is 2.40 bits per heavy atom. The smallest absolute Gasteiger partial charge is 0.277 e. The lowest BCUT2D eigenvalue weighted by Crippen LogP contribution is -2.29. The highest BCUT2D eigenvalue weighted by Gasteiger charge is 2.38. The first-order valence-electron chi connectivity index (χ1n) is 10.6. The van der Waals surface area contributed by atoms with Crippen molar-refractivity contribution in [3.05, 3.63) is 92.9 Å². The van der Waals surface area contributed by atoms with Crippen LogP contribution < -0.4 is 10.9 Å². The summed E-state index contributed by atoms with van der Waals surface area (Å²) >= 11 is 0. The number of fused-ring (bicyclic) bond motifs is 1. The predicted molar refractivity (Wildman–Crippen MR) is 118 cm³/mol. The first-order valence-corrected chi connectivity index (χ1v) is 10.6. The molecule has 2 heterocycles. The van der Waals surface area contributed by atoms with Gasteiger partial charge in [0.05, 0.1) is 11.3 Å². The molecule has 5 heteroatoms. The van der Waals surface area contributed by atoms with Gasteiger partial charge in [-0.05, 0) is 42.0 Å². The summed E-state index contributed by atoms with van der Waals surface area (Å²) < 4.78 is 1.57. The molecule has 0 spiro atoms. The van der Waals surface area contributed by atoms with Gasteiger partial charge in [0, 0.05) is 23.6 Å². The minimum absolute atomic E-state index is 0.119. The van der Waals surface area contributed by atoms with Crippen LogP contribution in [0.2, 0.25) is 0 Å². The second kappa shape index (κ2) is 7.17. The van der Waals surface area contributed by atoms with Gasteiger partial charge in [0.2, 0.25) is 0 Å². The lowest BCUT2D eigenvalue weighted by molar-refractivity contribution is -0.116. The Hall–Kier alpha value is -3.34. The monoisotopic (exact) mass is 399 g/mol. The number of nitrogens with one attached hydrogen (secondary N) is 2. The summed E-state index contributed by atoms with van der Waals surface area (Å²) in [5, 5.41) is 6.62. The Morgan fingerprint density at radius 1 is 0.967 bits per heavy atom. The summed E-state index contributed by atoms with van der Waals surface area (Å²) in [4.78, 5) is 26.5. The van der Waals surface area contributed by atoms with Crippen molar-refractivity contribution >= 4 is 11.6 Å². The molecular formula is C25H25N3O2. The van der Waals surface area contributed by atoms with Crippen LogP contribution in [0, 0.1) is 0 Å². The number of H-pyrrole nitrogens is 1. The van der Waals surface area contributed by atoms with Gasteiger partial charge in [-0.15, -0.1) is 0 Å². The topological polar surface area (TPSA) is 66.9 Å². The molecular weight excluding hydrogens is 374 g/mol. The molecule has 2 aliphatic rings. The maximum atomic E-state index is 13.5. The van der Waals surface area contributed by atoms with Gasteiger partial charge in [0.25, 0.3) is 5.56 Å². The molecule has 30 heavy (non-hydrogen) atoms. The summed E-state index contributed by atoms with van der Waals surface area (Å²) in [6.45, 7) is 4.32. The van der Waals surface area contributed by atoms with Gasteiger partial charge < -0.3 is 5.32 Å². The number of hydrogen-bond donors (Lipinski definition) is 2. The molecule has 0 amide bonds. The number of carbonyl (C=O) groups excluding carboxylic acids is 1. The number of carbonyl (C=O) groups is 1. The second-order valence-electron chi connectivity index (χ2n) is 8.42. The molecule has 1 aromatic heterocycles. The van der Waals surface area contributed by atoms with Crippen molar-refractivity contribution in [2.45, 2.75) is 44.9 Å². The number of para-hydroxylation sites is 1. The van der Waals surface area contributed by atoms with Crippen molar-refractivity contribution in [2.24, 2.45) is 0 Å². The van der Waals surface area contributed by atoms with Gasteiger partial charge in [0.1, 0.15) is 5.82 Å². The normalized spacial score (nSPS) is 18.2. The van der Waals surface area contributed by atoms with Crippen molar-refractivity contribution in [3.8, 4) is 5.69 Å². The number of allylic oxidation sites excluding steroid dienone is 2. The highest BCUT2D eigenvalue weighted by Crippen LogP contribution is 2.43. The lowest BCUT2D eigenvalue weighted by atomic mass is 9.76. The third kappa shape index (κ3) is 2.93. The van der Waals surface area contributed by atoms with Crippen LogP contribution in [0.25, 0.3) is 5.69 Å². The molecule has 3 aromatic rings. The minimum atomic E-state index is -0.348. The molecule has 2 aromatic carbocycles.